The number of phenols is 1. The van der Waals surface area contributed by atoms with E-state index in [0.29, 0.717) is 41.9 Å². The van der Waals surface area contributed by atoms with E-state index < -0.39 is 29.4 Å². The summed E-state index contributed by atoms with van der Waals surface area (Å²) in [4.78, 5) is 67.6. The fraction of sp³-hybridized carbons (Fsp3) is 0.508. The van der Waals surface area contributed by atoms with Crippen LogP contribution in [0.15, 0.2) is 66.3 Å². The number of hydrogen-bond acceptors (Lipinski definition) is 14. The number of piperazine rings is 1. The molecule has 3 aromatic carbocycles. The van der Waals surface area contributed by atoms with Crippen molar-refractivity contribution >= 4 is 56.6 Å². The first-order valence-electron chi connectivity index (χ1n) is 27.6. The van der Waals surface area contributed by atoms with Crippen molar-refractivity contribution in [2.24, 2.45) is 5.41 Å². The van der Waals surface area contributed by atoms with Gasteiger partial charge in [0.25, 0.3) is 0 Å². The van der Waals surface area contributed by atoms with Gasteiger partial charge < -0.3 is 40.7 Å². The SMILES string of the molecule is CCc1cccc2cc(O)cc(-c3ncc4c(N5C[C@H]6CC[C@@H](C5)N6)nc(OC[C@@H]5CCCN5CCCCCC(=O)N[C@H](C(=O)N5C[C@H](O)C[C@H]5C(=O)N[C@@H](C)c5ccc(-c6scnc6C)cc5)C(C)(C)C)nc4c3F)c12. The van der Waals surface area contributed by atoms with Gasteiger partial charge >= 0.3 is 6.01 Å². The maximum atomic E-state index is 17.2. The lowest BCUT2D eigenvalue weighted by atomic mass is 9.85. The molecule has 4 saturated heterocycles. The Morgan fingerprint density at radius 3 is 2.48 bits per heavy atom. The van der Waals surface area contributed by atoms with E-state index in [1.165, 1.54) is 4.90 Å². The van der Waals surface area contributed by atoms with Crippen molar-refractivity contribution in [3.05, 3.63) is 88.9 Å². The molecule has 0 radical (unpaired) electrons. The number of carbonyl (C=O) groups excluding carboxylic acids is 3. The highest BCUT2D eigenvalue weighted by atomic mass is 32.1. The second kappa shape index (κ2) is 22.9. The number of phenolic OH excluding ortho intramolecular Hbond substituents is 1. The average Bonchev–Trinajstić information content (AvgIpc) is 4.24. The zero-order valence-electron chi connectivity index (χ0n) is 45.2. The van der Waals surface area contributed by atoms with Crippen LogP contribution in [-0.2, 0) is 20.8 Å². The van der Waals surface area contributed by atoms with Crippen molar-refractivity contribution in [2.75, 3.05) is 44.2 Å². The first-order valence-corrected chi connectivity index (χ1v) is 28.5. The van der Waals surface area contributed by atoms with E-state index in [1.54, 1.807) is 29.7 Å². The third-order valence-corrected chi connectivity index (χ3v) is 17.1. The molecule has 5 N–H and O–H groups in total. The van der Waals surface area contributed by atoms with Crippen molar-refractivity contribution in [2.45, 2.75) is 148 Å². The number of rotatable bonds is 18. The number of amides is 3. The van der Waals surface area contributed by atoms with E-state index in [-0.39, 0.29) is 72.2 Å². The maximum absolute atomic E-state index is 17.2. The Morgan fingerprint density at radius 1 is 0.974 bits per heavy atom. The van der Waals surface area contributed by atoms with Gasteiger partial charge in [-0.15, -0.1) is 11.3 Å². The summed E-state index contributed by atoms with van der Waals surface area (Å²) >= 11 is 1.58. The third kappa shape index (κ3) is 11.8. The quantitative estimate of drug-likeness (QED) is 0.0515. The molecule has 0 aliphatic carbocycles. The van der Waals surface area contributed by atoms with Crippen LogP contribution < -0.4 is 25.6 Å². The van der Waals surface area contributed by atoms with Crippen molar-refractivity contribution in [1.82, 2.24) is 45.7 Å². The Labute approximate surface area is 454 Å². The number of anilines is 1. The molecule has 2 bridgehead atoms. The summed E-state index contributed by atoms with van der Waals surface area (Å²) in [5.41, 5.74) is 5.86. The van der Waals surface area contributed by atoms with Gasteiger partial charge in [0, 0.05) is 62.4 Å². The minimum atomic E-state index is -0.904. The Kier molecular flexibility index (Phi) is 16.1. The summed E-state index contributed by atoms with van der Waals surface area (Å²) in [5.74, 6) is -0.924. The number of aliphatic hydroxyl groups is 1. The number of ether oxygens (including phenoxy) is 1. The number of unbranched alkanes of at least 4 members (excludes halogenated alkanes) is 2. The number of fused-ring (bicyclic) bond motifs is 4. The van der Waals surface area contributed by atoms with Gasteiger partial charge in [-0.3, -0.25) is 24.3 Å². The van der Waals surface area contributed by atoms with Crippen LogP contribution in [0.2, 0.25) is 0 Å². The molecule has 4 aliphatic rings. The van der Waals surface area contributed by atoms with Gasteiger partial charge in [0.15, 0.2) is 5.82 Å². The summed E-state index contributed by atoms with van der Waals surface area (Å²) in [5, 5.41) is 33.5. The third-order valence-electron chi connectivity index (χ3n) is 16.2. The number of pyridine rings is 1. The van der Waals surface area contributed by atoms with Gasteiger partial charge in [0.05, 0.1) is 33.6 Å². The molecular formula is C59H73FN10O6S. The van der Waals surface area contributed by atoms with Gasteiger partial charge in [-0.2, -0.15) is 9.97 Å². The van der Waals surface area contributed by atoms with Gasteiger partial charge in [-0.1, -0.05) is 76.6 Å². The number of benzene rings is 3. The van der Waals surface area contributed by atoms with E-state index in [2.05, 4.69) is 37.7 Å². The molecule has 7 atom stereocenters. The van der Waals surface area contributed by atoms with Crippen molar-refractivity contribution in [1.29, 1.82) is 0 Å². The van der Waals surface area contributed by atoms with Crippen LogP contribution in [0.4, 0.5) is 10.2 Å². The van der Waals surface area contributed by atoms with Crippen LogP contribution in [0, 0.1) is 18.2 Å². The number of nitrogens with one attached hydrogen (secondary N) is 3. The van der Waals surface area contributed by atoms with Gasteiger partial charge in [0.1, 0.15) is 41.5 Å². The van der Waals surface area contributed by atoms with Crippen LogP contribution >= 0.6 is 11.3 Å². The van der Waals surface area contributed by atoms with E-state index in [4.69, 9.17) is 19.7 Å². The van der Waals surface area contributed by atoms with E-state index >= 15 is 4.39 Å². The second-order valence-electron chi connectivity index (χ2n) is 22.8. The molecule has 10 rings (SSSR count). The number of aliphatic hydroxyl groups excluding tert-OH is 1. The number of β-amino-alcohol motifs (C(OH)–C–C–N with tert-alkyl or cyclic N) is 1. The summed E-state index contributed by atoms with van der Waals surface area (Å²) < 4.78 is 23.7. The maximum Gasteiger partial charge on any atom is 0.319 e. The highest BCUT2D eigenvalue weighted by molar-refractivity contribution is 7.13. The largest absolute Gasteiger partial charge is 0.508 e. The van der Waals surface area contributed by atoms with Gasteiger partial charge in [0.2, 0.25) is 17.7 Å². The number of thiazole rings is 1. The van der Waals surface area contributed by atoms with Gasteiger partial charge in [-0.05, 0) is 117 Å². The first kappa shape index (κ1) is 54.0. The number of halogens is 1. The molecule has 7 heterocycles. The summed E-state index contributed by atoms with van der Waals surface area (Å²) in [6, 6.07) is 15.8. The normalized spacial score (nSPS) is 21.5. The predicted octanol–water partition coefficient (Wildman–Crippen LogP) is 8.40. The zero-order chi connectivity index (χ0) is 54.1. The molecule has 0 saturated carbocycles. The molecule has 0 unspecified atom stereocenters. The predicted molar refractivity (Wildman–Crippen MR) is 298 cm³/mol. The number of carbonyl (C=O) groups is 3. The Morgan fingerprint density at radius 2 is 1.75 bits per heavy atom. The first-order chi connectivity index (χ1) is 37.0. The lowest BCUT2D eigenvalue weighted by Gasteiger charge is -2.35. The molecule has 6 aromatic rings. The minimum absolute atomic E-state index is 0.00303. The van der Waals surface area contributed by atoms with Crippen molar-refractivity contribution < 1.29 is 33.7 Å². The average molecular weight is 1070 g/mol. The number of likely N-dealkylation sites (tertiary alicyclic amines) is 2. The topological polar surface area (TPSA) is 198 Å². The van der Waals surface area contributed by atoms with Crippen LogP contribution in [-0.4, -0.2) is 133 Å². The standard InChI is InChI=1S/C59H73FN10O6S/c1-7-36-13-11-14-39-25-43(71)26-45(49(36)39)51-50(60)52-46(28-61-51)55(69-29-40-21-22-41(30-69)64-40)67-58(66-52)76-32-42-15-12-24-68(42)23-10-8-9-16-48(73)65-54(59(4,5)6)57(75)70-31-44(72)27-47(70)56(74)63-34(2)37-17-19-38(20-18-37)53-35(3)62-33-77-53/h11,13-14,17-20,25-26,28,33-34,40-42,44,47,54,64,71-72H,7-10,12,15-16,21-24,27,29-32H2,1-6H3,(H,63,74)(H,65,73)/t34-,40-,41+,42-,44+,47-,54+/m0/s1. The van der Waals surface area contributed by atoms with Crippen LogP contribution in [0.5, 0.6) is 11.8 Å². The molecule has 18 heteroatoms. The van der Waals surface area contributed by atoms with E-state index in [0.717, 1.165) is 109 Å². The molecule has 16 nitrogen and oxygen atoms in total. The lowest BCUT2D eigenvalue weighted by Crippen LogP contribution is -2.57. The summed E-state index contributed by atoms with van der Waals surface area (Å²) in [6.07, 6.45) is 8.22. The van der Waals surface area contributed by atoms with Crippen LogP contribution in [0.1, 0.15) is 115 Å². The van der Waals surface area contributed by atoms with Gasteiger partial charge in [-0.25, -0.2) is 9.37 Å². The Bertz CT molecular complexity index is 3120. The Hall–Kier alpha value is -6.34. The number of nitrogens with zero attached hydrogens (tertiary/aromatic N) is 7. The molecule has 4 fully saturated rings. The molecule has 77 heavy (non-hydrogen) atoms. The molecule has 3 aromatic heterocycles. The smallest absolute Gasteiger partial charge is 0.319 e. The highest BCUT2D eigenvalue weighted by Gasteiger charge is 2.45. The number of aromatic hydroxyl groups is 1. The monoisotopic (exact) mass is 1070 g/mol. The fourth-order valence-electron chi connectivity index (χ4n) is 12.0. The highest BCUT2D eigenvalue weighted by Crippen LogP contribution is 2.40. The minimum Gasteiger partial charge on any atom is -0.508 e. The molecule has 4 aliphatic heterocycles. The molecule has 0 spiro atoms. The summed E-state index contributed by atoms with van der Waals surface area (Å²) in [6.45, 7) is 15.1. The molecule has 408 valence electrons. The number of aromatic nitrogens is 4. The van der Waals surface area contributed by atoms with Crippen LogP contribution in [0.3, 0.4) is 0 Å². The van der Waals surface area contributed by atoms with E-state index in [1.807, 2.05) is 82.6 Å². The fourth-order valence-corrected chi connectivity index (χ4v) is 12.8. The second-order valence-corrected chi connectivity index (χ2v) is 23.6. The number of aryl methyl sites for hydroxylation is 2. The van der Waals surface area contributed by atoms with Crippen molar-refractivity contribution in [3.8, 4) is 33.5 Å². The molecular weight excluding hydrogens is 996 g/mol. The lowest BCUT2D eigenvalue weighted by molar-refractivity contribution is -0.144. The van der Waals surface area contributed by atoms with Crippen molar-refractivity contribution in [3.63, 3.8) is 0 Å². The van der Waals surface area contributed by atoms with E-state index in [9.17, 15) is 24.6 Å². The zero-order valence-corrected chi connectivity index (χ0v) is 46.0. The number of hydrogen-bond donors (Lipinski definition) is 5. The molecule has 3 amide bonds. The van der Waals surface area contributed by atoms with Crippen LogP contribution in [0.25, 0.3) is 43.4 Å². The Balaban J connectivity index is 0.747. The summed E-state index contributed by atoms with van der Waals surface area (Å²) in [7, 11) is 0.